The van der Waals surface area contributed by atoms with Gasteiger partial charge >= 0.3 is 5.97 Å². The van der Waals surface area contributed by atoms with E-state index < -0.39 is 0 Å². The van der Waals surface area contributed by atoms with Crippen molar-refractivity contribution in [3.63, 3.8) is 0 Å². The minimum absolute atomic E-state index is 0.205. The Morgan fingerprint density at radius 2 is 1.96 bits per heavy atom. The first-order valence-corrected chi connectivity index (χ1v) is 9.62. The van der Waals surface area contributed by atoms with E-state index in [-0.39, 0.29) is 18.0 Å². The van der Waals surface area contributed by atoms with Gasteiger partial charge < -0.3 is 14.8 Å². The van der Waals surface area contributed by atoms with Crippen LogP contribution in [0.3, 0.4) is 0 Å². The molecule has 1 aliphatic rings. The highest BCUT2D eigenvalue weighted by atomic mass is 32.1. The first kappa shape index (κ1) is 18.5. The van der Waals surface area contributed by atoms with E-state index in [0.29, 0.717) is 21.9 Å². The number of esters is 1. The fourth-order valence-electron chi connectivity index (χ4n) is 3.08. The summed E-state index contributed by atoms with van der Waals surface area (Å²) in [5.74, 6) is -0.0102. The van der Waals surface area contributed by atoms with Crippen LogP contribution in [0.5, 0.6) is 5.75 Å². The zero-order valence-electron chi connectivity index (χ0n) is 15.3. The molecule has 0 radical (unpaired) electrons. The number of benzene rings is 1. The summed E-state index contributed by atoms with van der Waals surface area (Å²) < 4.78 is 10.6. The molecular formula is C20H23NO4S. The first-order chi connectivity index (χ1) is 12.5. The standard InChI is InChI=1S/C20H23NO4S/c1-12(2)25-20(23)17-15-9-4-5-10-16(15)26-19(17)21-18(22)13-7-6-8-14(11-13)24-3/h6-8,11-12H,4-5,9-10H2,1-3H3,(H,21,22). The summed E-state index contributed by atoms with van der Waals surface area (Å²) in [6, 6.07) is 6.94. The summed E-state index contributed by atoms with van der Waals surface area (Å²) in [5.41, 5.74) is 2.04. The minimum Gasteiger partial charge on any atom is -0.497 e. The van der Waals surface area contributed by atoms with E-state index in [2.05, 4.69) is 5.32 Å². The first-order valence-electron chi connectivity index (χ1n) is 8.80. The van der Waals surface area contributed by atoms with Gasteiger partial charge in [-0.3, -0.25) is 4.79 Å². The topological polar surface area (TPSA) is 64.6 Å². The van der Waals surface area contributed by atoms with Crippen molar-refractivity contribution in [2.45, 2.75) is 45.6 Å². The molecule has 0 fully saturated rings. The fraction of sp³-hybridized carbons (Fsp3) is 0.400. The maximum atomic E-state index is 12.7. The van der Waals surface area contributed by atoms with E-state index in [1.807, 2.05) is 13.8 Å². The number of anilines is 1. The molecule has 1 heterocycles. The summed E-state index contributed by atoms with van der Waals surface area (Å²) >= 11 is 1.49. The highest BCUT2D eigenvalue weighted by molar-refractivity contribution is 7.17. The number of hydrogen-bond acceptors (Lipinski definition) is 5. The van der Waals surface area contributed by atoms with Gasteiger partial charge in [0.05, 0.1) is 18.8 Å². The number of methoxy groups -OCH3 is 1. The second kappa shape index (κ2) is 7.91. The van der Waals surface area contributed by atoms with Crippen LogP contribution in [0, 0.1) is 0 Å². The number of aryl methyl sites for hydroxylation is 1. The maximum absolute atomic E-state index is 12.7. The molecule has 0 unspecified atom stereocenters. The summed E-state index contributed by atoms with van der Waals surface area (Å²) in [4.78, 5) is 26.5. The summed E-state index contributed by atoms with van der Waals surface area (Å²) in [6.07, 6.45) is 3.74. The predicted molar refractivity (Wildman–Crippen MR) is 102 cm³/mol. The zero-order valence-corrected chi connectivity index (χ0v) is 16.1. The number of hydrogen-bond donors (Lipinski definition) is 1. The molecule has 1 aromatic carbocycles. The number of carbonyl (C=O) groups excluding carboxylic acids is 2. The number of thiophene rings is 1. The number of nitrogens with one attached hydrogen (secondary N) is 1. The molecule has 1 N–H and O–H groups in total. The Labute approximate surface area is 157 Å². The normalized spacial score (nSPS) is 13.2. The van der Waals surface area contributed by atoms with Crippen LogP contribution in [0.25, 0.3) is 0 Å². The van der Waals surface area contributed by atoms with Gasteiger partial charge in [-0.15, -0.1) is 11.3 Å². The molecule has 5 nitrogen and oxygen atoms in total. The molecular weight excluding hydrogens is 350 g/mol. The van der Waals surface area contributed by atoms with Gasteiger partial charge in [-0.1, -0.05) is 6.07 Å². The van der Waals surface area contributed by atoms with Gasteiger partial charge in [0, 0.05) is 10.4 Å². The van der Waals surface area contributed by atoms with Gasteiger partial charge in [0.15, 0.2) is 0 Å². The number of rotatable bonds is 5. The van der Waals surface area contributed by atoms with Crippen molar-refractivity contribution in [1.29, 1.82) is 0 Å². The second-order valence-electron chi connectivity index (χ2n) is 6.56. The number of carbonyl (C=O) groups is 2. The second-order valence-corrected chi connectivity index (χ2v) is 7.66. The highest BCUT2D eigenvalue weighted by Crippen LogP contribution is 2.39. The van der Waals surface area contributed by atoms with Crippen molar-refractivity contribution in [1.82, 2.24) is 0 Å². The van der Waals surface area contributed by atoms with Crippen molar-refractivity contribution in [3.8, 4) is 5.75 Å². The van der Waals surface area contributed by atoms with Crippen LogP contribution in [0.2, 0.25) is 0 Å². The van der Waals surface area contributed by atoms with Crippen molar-refractivity contribution in [2.24, 2.45) is 0 Å². The molecule has 0 bridgehead atoms. The predicted octanol–water partition coefficient (Wildman–Crippen LogP) is 4.45. The van der Waals surface area contributed by atoms with E-state index >= 15 is 0 Å². The van der Waals surface area contributed by atoms with Crippen LogP contribution >= 0.6 is 11.3 Å². The molecule has 2 aromatic rings. The molecule has 1 aliphatic carbocycles. The smallest absolute Gasteiger partial charge is 0.341 e. The minimum atomic E-state index is -0.361. The summed E-state index contributed by atoms with van der Waals surface area (Å²) in [5, 5.41) is 3.49. The lowest BCUT2D eigenvalue weighted by Gasteiger charge is -2.14. The summed E-state index contributed by atoms with van der Waals surface area (Å²) in [7, 11) is 1.56. The zero-order chi connectivity index (χ0) is 18.7. The molecule has 6 heteroatoms. The van der Waals surface area contributed by atoms with E-state index in [1.165, 1.54) is 16.2 Å². The average molecular weight is 373 g/mol. The third kappa shape index (κ3) is 3.90. The van der Waals surface area contributed by atoms with Gasteiger partial charge in [-0.2, -0.15) is 0 Å². The monoisotopic (exact) mass is 373 g/mol. The maximum Gasteiger partial charge on any atom is 0.341 e. The van der Waals surface area contributed by atoms with Crippen molar-refractivity contribution >= 4 is 28.2 Å². The summed E-state index contributed by atoms with van der Waals surface area (Å²) in [6.45, 7) is 3.65. The van der Waals surface area contributed by atoms with E-state index in [1.54, 1.807) is 31.4 Å². The molecule has 0 aliphatic heterocycles. The molecule has 0 atom stereocenters. The van der Waals surface area contributed by atoms with Gasteiger partial charge in [0.25, 0.3) is 5.91 Å². The van der Waals surface area contributed by atoms with Gasteiger partial charge in [0.2, 0.25) is 0 Å². The van der Waals surface area contributed by atoms with Crippen LogP contribution in [-0.4, -0.2) is 25.1 Å². The molecule has 3 rings (SSSR count). The Morgan fingerprint density at radius 1 is 1.19 bits per heavy atom. The Balaban J connectivity index is 1.92. The van der Waals surface area contributed by atoms with Gasteiger partial charge in [0.1, 0.15) is 10.8 Å². The lowest BCUT2D eigenvalue weighted by atomic mass is 9.95. The molecule has 1 aromatic heterocycles. The van der Waals surface area contributed by atoms with Crippen molar-refractivity contribution in [3.05, 3.63) is 45.8 Å². The molecule has 26 heavy (non-hydrogen) atoms. The Kier molecular flexibility index (Phi) is 5.61. The van der Waals surface area contributed by atoms with E-state index in [0.717, 1.165) is 31.2 Å². The van der Waals surface area contributed by atoms with Crippen LogP contribution in [-0.2, 0) is 17.6 Å². The Hall–Kier alpha value is -2.34. The number of fused-ring (bicyclic) bond motifs is 1. The van der Waals surface area contributed by atoms with Crippen LogP contribution in [0.1, 0.15) is 57.8 Å². The lowest BCUT2D eigenvalue weighted by molar-refractivity contribution is 0.0378. The molecule has 0 saturated heterocycles. The number of ether oxygens (including phenoxy) is 2. The van der Waals surface area contributed by atoms with Crippen molar-refractivity contribution < 1.29 is 19.1 Å². The number of amides is 1. The molecule has 0 saturated carbocycles. The van der Waals surface area contributed by atoms with Gasteiger partial charge in [-0.05, 0) is 63.3 Å². The average Bonchev–Trinajstić information content (AvgIpc) is 2.99. The van der Waals surface area contributed by atoms with E-state index in [4.69, 9.17) is 9.47 Å². The third-order valence-electron chi connectivity index (χ3n) is 4.28. The fourth-order valence-corrected chi connectivity index (χ4v) is 4.35. The molecule has 138 valence electrons. The molecule has 0 spiro atoms. The van der Waals surface area contributed by atoms with Crippen molar-refractivity contribution in [2.75, 3.05) is 12.4 Å². The SMILES string of the molecule is COc1cccc(C(=O)Nc2sc3c(c2C(=O)OC(C)C)CCCC3)c1. The van der Waals surface area contributed by atoms with Gasteiger partial charge in [-0.25, -0.2) is 4.79 Å². The largest absolute Gasteiger partial charge is 0.497 e. The van der Waals surface area contributed by atoms with Crippen LogP contribution in [0.15, 0.2) is 24.3 Å². The highest BCUT2D eigenvalue weighted by Gasteiger charge is 2.28. The third-order valence-corrected chi connectivity index (χ3v) is 5.48. The van der Waals surface area contributed by atoms with Crippen LogP contribution in [0.4, 0.5) is 5.00 Å². The van der Waals surface area contributed by atoms with E-state index in [9.17, 15) is 9.59 Å². The molecule has 1 amide bonds. The Bertz CT molecular complexity index is 825. The quantitative estimate of drug-likeness (QED) is 0.786. The lowest BCUT2D eigenvalue weighted by Crippen LogP contribution is -2.18. The van der Waals surface area contributed by atoms with Crippen LogP contribution < -0.4 is 10.1 Å². The Morgan fingerprint density at radius 3 is 2.69 bits per heavy atom.